The summed E-state index contributed by atoms with van der Waals surface area (Å²) in [6, 6.07) is 2.51. The Morgan fingerprint density at radius 3 is 2.56 bits per heavy atom. The van der Waals surface area contributed by atoms with Crippen LogP contribution >= 0.6 is 11.6 Å². The molecule has 0 radical (unpaired) electrons. The van der Waals surface area contributed by atoms with Gasteiger partial charge in [-0.05, 0) is 6.42 Å². The maximum absolute atomic E-state index is 9.08. The predicted molar refractivity (Wildman–Crippen MR) is 67.3 cm³/mol. The Bertz CT molecular complexity index is 251. The molecule has 1 aliphatic rings. The summed E-state index contributed by atoms with van der Waals surface area (Å²) in [5, 5.41) is 9.08. The van der Waals surface area contributed by atoms with E-state index in [-0.39, 0.29) is 6.04 Å². The lowest BCUT2D eigenvalue weighted by Gasteiger charge is -2.36. The van der Waals surface area contributed by atoms with Gasteiger partial charge in [-0.1, -0.05) is 31.0 Å². The third-order valence-electron chi connectivity index (χ3n) is 3.01. The van der Waals surface area contributed by atoms with Gasteiger partial charge in [0.05, 0.1) is 12.1 Å². The zero-order valence-corrected chi connectivity index (χ0v) is 10.7. The average Bonchev–Trinajstić information content (AvgIpc) is 2.34. The van der Waals surface area contributed by atoms with Gasteiger partial charge in [0.2, 0.25) is 0 Å². The molecule has 0 bridgehead atoms. The van der Waals surface area contributed by atoms with Crippen LogP contribution in [0, 0.1) is 11.3 Å². The fourth-order valence-electron chi connectivity index (χ4n) is 2.05. The highest BCUT2D eigenvalue weighted by molar-refractivity contribution is 6.25. The first-order chi connectivity index (χ1) is 7.81. The highest BCUT2D eigenvalue weighted by atomic mass is 35.5. The van der Waals surface area contributed by atoms with Crippen LogP contribution in [-0.4, -0.2) is 48.6 Å². The van der Waals surface area contributed by atoms with Gasteiger partial charge in [0.25, 0.3) is 0 Å². The second-order valence-corrected chi connectivity index (χ2v) is 4.38. The normalized spacial score (nSPS) is 21.1. The molecule has 0 spiro atoms. The highest BCUT2D eigenvalue weighted by Crippen LogP contribution is 2.10. The number of halogens is 1. The summed E-state index contributed by atoms with van der Waals surface area (Å²) in [5.41, 5.74) is 1.57. The van der Waals surface area contributed by atoms with Gasteiger partial charge in [0, 0.05) is 38.3 Å². The molecular formula is C12H20ClN3. The molecule has 1 atom stereocenters. The number of rotatable bonds is 5. The topological polar surface area (TPSA) is 30.3 Å². The van der Waals surface area contributed by atoms with E-state index >= 15 is 0 Å². The van der Waals surface area contributed by atoms with Crippen LogP contribution in [0.2, 0.25) is 0 Å². The van der Waals surface area contributed by atoms with Crippen molar-refractivity contribution in [2.75, 3.05) is 32.7 Å². The molecular weight excluding hydrogens is 222 g/mol. The van der Waals surface area contributed by atoms with Crippen molar-refractivity contribution in [3.63, 3.8) is 0 Å². The fourth-order valence-corrected chi connectivity index (χ4v) is 2.13. The second kappa shape index (κ2) is 7.67. The monoisotopic (exact) mass is 241 g/mol. The Kier molecular flexibility index (Phi) is 6.47. The van der Waals surface area contributed by atoms with E-state index in [2.05, 4.69) is 22.8 Å². The number of hydrogen-bond acceptors (Lipinski definition) is 3. The Balaban J connectivity index is 2.33. The highest BCUT2D eigenvalue weighted by Gasteiger charge is 2.22. The summed E-state index contributed by atoms with van der Waals surface area (Å²) >= 11 is 5.50. The first-order valence-corrected chi connectivity index (χ1v) is 6.36. The van der Waals surface area contributed by atoms with Crippen LogP contribution in [-0.2, 0) is 0 Å². The van der Waals surface area contributed by atoms with Crippen molar-refractivity contribution in [1.29, 1.82) is 5.26 Å². The van der Waals surface area contributed by atoms with Crippen molar-refractivity contribution in [1.82, 2.24) is 9.80 Å². The van der Waals surface area contributed by atoms with Crippen molar-refractivity contribution in [3.8, 4) is 6.07 Å². The lowest BCUT2D eigenvalue weighted by molar-refractivity contribution is 0.119. The number of nitriles is 1. The number of piperazine rings is 1. The molecule has 0 aliphatic carbocycles. The molecule has 1 saturated heterocycles. The average molecular weight is 242 g/mol. The Labute approximate surface area is 103 Å². The third kappa shape index (κ3) is 4.13. The van der Waals surface area contributed by atoms with Crippen LogP contribution in [0.4, 0.5) is 0 Å². The zero-order chi connectivity index (χ0) is 11.8. The van der Waals surface area contributed by atoms with Gasteiger partial charge in [-0.2, -0.15) is 5.26 Å². The van der Waals surface area contributed by atoms with E-state index in [1.165, 1.54) is 0 Å². The largest absolute Gasteiger partial charge is 0.297 e. The molecule has 1 unspecified atom stereocenters. The molecule has 0 aromatic carbocycles. The maximum Gasteiger partial charge on any atom is 0.0978 e. The predicted octanol–water partition coefficient (Wildman–Crippen LogP) is 2.05. The smallest absolute Gasteiger partial charge is 0.0978 e. The van der Waals surface area contributed by atoms with Crippen LogP contribution in [0.3, 0.4) is 0 Å². The molecule has 1 aliphatic heterocycles. The molecule has 0 aromatic rings. The quantitative estimate of drug-likeness (QED) is 0.738. The molecule has 1 heterocycles. The van der Waals surface area contributed by atoms with Gasteiger partial charge >= 0.3 is 0 Å². The van der Waals surface area contributed by atoms with Crippen molar-refractivity contribution in [2.24, 2.45) is 0 Å². The Morgan fingerprint density at radius 2 is 2.06 bits per heavy atom. The summed E-state index contributed by atoms with van der Waals surface area (Å²) in [6.45, 7) is 7.10. The minimum Gasteiger partial charge on any atom is -0.297 e. The van der Waals surface area contributed by atoms with Crippen LogP contribution in [0.25, 0.3) is 0 Å². The molecule has 3 nitrogen and oxygen atoms in total. The SMILES string of the molecule is CCCC(C#N)N1CCN(CC=CCl)CC1. The molecule has 0 aromatic heterocycles. The first-order valence-electron chi connectivity index (χ1n) is 5.93. The Hall–Kier alpha value is -0.560. The first kappa shape index (κ1) is 13.5. The molecule has 1 fully saturated rings. The second-order valence-electron chi connectivity index (χ2n) is 4.13. The molecule has 1 rings (SSSR count). The summed E-state index contributed by atoms with van der Waals surface area (Å²) in [5.74, 6) is 0. The van der Waals surface area contributed by atoms with Crippen LogP contribution in [0.15, 0.2) is 11.6 Å². The van der Waals surface area contributed by atoms with Gasteiger partial charge in [0.15, 0.2) is 0 Å². The van der Waals surface area contributed by atoms with E-state index < -0.39 is 0 Å². The lowest BCUT2D eigenvalue weighted by Crippen LogP contribution is -2.49. The summed E-state index contributed by atoms with van der Waals surface area (Å²) in [6.07, 6.45) is 4.02. The standard InChI is InChI=1S/C12H20ClN3/c1-2-4-12(11-14)16-9-7-15(8-10-16)6-3-5-13/h3,5,12H,2,4,6-10H2,1H3. The maximum atomic E-state index is 9.08. The molecule has 16 heavy (non-hydrogen) atoms. The van der Waals surface area contributed by atoms with Crippen LogP contribution in [0.5, 0.6) is 0 Å². The lowest BCUT2D eigenvalue weighted by atomic mass is 10.1. The van der Waals surface area contributed by atoms with E-state index in [1.54, 1.807) is 5.54 Å². The third-order valence-corrected chi connectivity index (χ3v) is 3.19. The summed E-state index contributed by atoms with van der Waals surface area (Å²) < 4.78 is 0. The van der Waals surface area contributed by atoms with E-state index in [9.17, 15) is 0 Å². The molecule has 0 N–H and O–H groups in total. The van der Waals surface area contributed by atoms with E-state index in [0.717, 1.165) is 45.6 Å². The molecule has 4 heteroatoms. The summed E-state index contributed by atoms with van der Waals surface area (Å²) in [7, 11) is 0. The van der Waals surface area contributed by atoms with E-state index in [4.69, 9.17) is 16.9 Å². The van der Waals surface area contributed by atoms with Gasteiger partial charge in [-0.15, -0.1) is 0 Å². The molecule has 0 saturated carbocycles. The minimum atomic E-state index is 0.107. The van der Waals surface area contributed by atoms with E-state index in [0.29, 0.717) is 0 Å². The summed E-state index contributed by atoms with van der Waals surface area (Å²) in [4.78, 5) is 4.65. The number of nitrogens with zero attached hydrogens (tertiary/aromatic N) is 3. The van der Waals surface area contributed by atoms with Crippen LogP contribution < -0.4 is 0 Å². The van der Waals surface area contributed by atoms with Crippen molar-refractivity contribution in [3.05, 3.63) is 11.6 Å². The van der Waals surface area contributed by atoms with Gasteiger partial charge in [0.1, 0.15) is 0 Å². The minimum absolute atomic E-state index is 0.107. The molecule has 90 valence electrons. The van der Waals surface area contributed by atoms with Gasteiger partial charge in [-0.3, -0.25) is 9.80 Å². The van der Waals surface area contributed by atoms with Crippen LogP contribution in [0.1, 0.15) is 19.8 Å². The van der Waals surface area contributed by atoms with Crippen molar-refractivity contribution in [2.45, 2.75) is 25.8 Å². The van der Waals surface area contributed by atoms with Crippen molar-refractivity contribution < 1.29 is 0 Å². The zero-order valence-electron chi connectivity index (χ0n) is 9.90. The van der Waals surface area contributed by atoms with Gasteiger partial charge < -0.3 is 0 Å². The Morgan fingerprint density at radius 1 is 1.38 bits per heavy atom. The fraction of sp³-hybridized carbons (Fsp3) is 0.750. The molecule has 0 amide bonds. The number of hydrogen-bond donors (Lipinski definition) is 0. The van der Waals surface area contributed by atoms with E-state index in [1.807, 2.05) is 6.08 Å². The van der Waals surface area contributed by atoms with Gasteiger partial charge in [-0.25, -0.2) is 0 Å². The van der Waals surface area contributed by atoms with Crippen molar-refractivity contribution >= 4 is 11.6 Å².